The molecule has 2 aliphatic heterocycles. The van der Waals surface area contributed by atoms with Crippen LogP contribution in [0, 0.1) is 13.8 Å². The summed E-state index contributed by atoms with van der Waals surface area (Å²) in [7, 11) is 0. The van der Waals surface area contributed by atoms with E-state index in [0.29, 0.717) is 49.5 Å². The van der Waals surface area contributed by atoms with Crippen molar-refractivity contribution in [3.05, 3.63) is 89.0 Å². The maximum Gasteiger partial charge on any atom is 0.416 e. The highest BCUT2D eigenvalue weighted by molar-refractivity contribution is 6.40. The molecule has 42 heavy (non-hydrogen) atoms. The molecule has 1 spiro atoms. The van der Waals surface area contributed by atoms with Gasteiger partial charge in [0.15, 0.2) is 0 Å². The molecule has 7 nitrogen and oxygen atoms in total. The summed E-state index contributed by atoms with van der Waals surface area (Å²) < 4.78 is 44.0. The molecule has 3 amide bonds. The lowest BCUT2D eigenvalue weighted by atomic mass is 9.84. The number of rotatable bonds is 4. The van der Waals surface area contributed by atoms with E-state index < -0.39 is 29.1 Å². The number of piperidine rings is 1. The van der Waals surface area contributed by atoms with Gasteiger partial charge in [-0.15, -0.1) is 0 Å². The van der Waals surface area contributed by atoms with Crippen molar-refractivity contribution in [1.29, 1.82) is 0 Å². The third-order valence-electron chi connectivity index (χ3n) is 8.26. The molecule has 0 aromatic heterocycles. The predicted octanol–water partition coefficient (Wildman–Crippen LogP) is 6.35. The van der Waals surface area contributed by atoms with E-state index in [4.69, 9.17) is 4.74 Å². The number of carbonyl (C=O) groups is 3. The van der Waals surface area contributed by atoms with E-state index in [1.54, 1.807) is 34.1 Å². The molecule has 0 aliphatic carbocycles. The van der Waals surface area contributed by atoms with Crippen molar-refractivity contribution in [1.82, 2.24) is 9.80 Å². The number of anilines is 1. The molecular weight excluding hydrogens is 547 g/mol. The normalized spacial score (nSPS) is 16.4. The molecule has 1 N–H and O–H groups in total. The predicted molar refractivity (Wildman–Crippen MR) is 151 cm³/mol. The van der Waals surface area contributed by atoms with Crippen LogP contribution in [0.5, 0.6) is 11.5 Å². The maximum absolute atomic E-state index is 13.3. The maximum atomic E-state index is 13.3. The molecule has 0 radical (unpaired) electrons. The first-order valence-corrected chi connectivity index (χ1v) is 13.9. The van der Waals surface area contributed by atoms with E-state index in [1.807, 2.05) is 32.0 Å². The monoisotopic (exact) mass is 579 g/mol. The number of alkyl halides is 3. The van der Waals surface area contributed by atoms with Crippen molar-refractivity contribution < 1.29 is 32.3 Å². The molecule has 0 unspecified atom stereocenters. The molecule has 2 fully saturated rings. The van der Waals surface area contributed by atoms with Gasteiger partial charge in [0.2, 0.25) is 0 Å². The minimum absolute atomic E-state index is 0.158. The molecular formula is C32H32F3N3O4. The molecule has 220 valence electrons. The van der Waals surface area contributed by atoms with Crippen LogP contribution in [-0.4, -0.2) is 52.7 Å². The highest BCUT2D eigenvalue weighted by Gasteiger charge is 2.47. The Kier molecular flexibility index (Phi) is 7.99. The van der Waals surface area contributed by atoms with Gasteiger partial charge in [-0.05, 0) is 99.2 Å². The molecule has 2 aliphatic rings. The van der Waals surface area contributed by atoms with Gasteiger partial charge >= 0.3 is 18.0 Å². The second-order valence-corrected chi connectivity index (χ2v) is 10.9. The van der Waals surface area contributed by atoms with Crippen molar-refractivity contribution in [2.45, 2.75) is 51.2 Å². The van der Waals surface area contributed by atoms with Crippen LogP contribution in [0.25, 0.3) is 0 Å². The van der Waals surface area contributed by atoms with E-state index in [2.05, 4.69) is 5.32 Å². The van der Waals surface area contributed by atoms with Gasteiger partial charge in [0.05, 0.1) is 5.56 Å². The quantitative estimate of drug-likeness (QED) is 0.366. The largest absolute Gasteiger partial charge is 0.457 e. The summed E-state index contributed by atoms with van der Waals surface area (Å²) in [5.74, 6) is -0.705. The second-order valence-electron chi connectivity index (χ2n) is 10.9. The van der Waals surface area contributed by atoms with Crippen LogP contribution >= 0.6 is 0 Å². The van der Waals surface area contributed by atoms with E-state index in [0.717, 1.165) is 36.1 Å². The Balaban J connectivity index is 1.18. The summed E-state index contributed by atoms with van der Waals surface area (Å²) in [4.78, 5) is 42.9. The van der Waals surface area contributed by atoms with Crippen LogP contribution in [0.1, 0.15) is 52.7 Å². The first kappa shape index (κ1) is 29.2. The summed E-state index contributed by atoms with van der Waals surface area (Å²) in [6.07, 6.45) is -1.67. The average Bonchev–Trinajstić information content (AvgIpc) is 3.37. The first-order chi connectivity index (χ1) is 20.0. The first-order valence-electron chi connectivity index (χ1n) is 13.9. The molecule has 5 rings (SSSR count). The Morgan fingerprint density at radius 3 is 1.95 bits per heavy atom. The zero-order chi connectivity index (χ0) is 30.1. The van der Waals surface area contributed by atoms with Crippen LogP contribution in [0.3, 0.4) is 0 Å². The van der Waals surface area contributed by atoms with Crippen molar-refractivity contribution in [2.75, 3.05) is 25.0 Å². The molecule has 3 aromatic rings. The lowest BCUT2D eigenvalue weighted by Crippen LogP contribution is -2.56. The summed E-state index contributed by atoms with van der Waals surface area (Å²) >= 11 is 0. The Morgan fingerprint density at radius 2 is 1.38 bits per heavy atom. The van der Waals surface area contributed by atoms with Crippen molar-refractivity contribution in [2.24, 2.45) is 0 Å². The van der Waals surface area contributed by atoms with E-state index in [9.17, 15) is 27.6 Å². The number of nitrogens with one attached hydrogen (secondary N) is 1. The number of hydrogen-bond acceptors (Lipinski definition) is 4. The number of amides is 3. The minimum Gasteiger partial charge on any atom is -0.457 e. The zero-order valence-electron chi connectivity index (χ0n) is 23.5. The Labute approximate surface area is 242 Å². The molecule has 10 heteroatoms. The molecule has 2 heterocycles. The number of carbonyl (C=O) groups excluding carboxylic acids is 3. The van der Waals surface area contributed by atoms with Crippen LogP contribution < -0.4 is 10.1 Å². The van der Waals surface area contributed by atoms with Gasteiger partial charge in [-0.25, -0.2) is 0 Å². The van der Waals surface area contributed by atoms with Crippen molar-refractivity contribution in [3.8, 4) is 11.5 Å². The van der Waals surface area contributed by atoms with Gasteiger partial charge in [0.25, 0.3) is 5.91 Å². The summed E-state index contributed by atoms with van der Waals surface area (Å²) in [6.45, 7) is 5.18. The Morgan fingerprint density at radius 1 is 0.810 bits per heavy atom. The number of hydrogen-bond donors (Lipinski definition) is 1. The van der Waals surface area contributed by atoms with Gasteiger partial charge in [0.1, 0.15) is 11.5 Å². The summed E-state index contributed by atoms with van der Waals surface area (Å²) in [6, 6.07) is 16.5. The third-order valence-corrected chi connectivity index (χ3v) is 8.26. The number of para-hydroxylation sites is 1. The molecule has 2 saturated heterocycles. The molecule has 0 atom stereocenters. The van der Waals surface area contributed by atoms with Gasteiger partial charge in [0, 0.05) is 36.4 Å². The smallest absolute Gasteiger partial charge is 0.416 e. The number of halogens is 3. The fraction of sp³-hybridized carbons (Fsp3) is 0.344. The third kappa shape index (κ3) is 5.98. The Hall–Kier alpha value is -4.34. The van der Waals surface area contributed by atoms with E-state index >= 15 is 0 Å². The minimum atomic E-state index is -4.42. The lowest BCUT2D eigenvalue weighted by Gasteiger charge is -2.44. The number of benzene rings is 3. The molecule has 0 bridgehead atoms. The summed E-state index contributed by atoms with van der Waals surface area (Å²) in [5, 5.41) is 2.80. The highest BCUT2D eigenvalue weighted by Crippen LogP contribution is 2.39. The second kappa shape index (κ2) is 11.5. The average molecular weight is 580 g/mol. The van der Waals surface area contributed by atoms with Crippen LogP contribution in [0.15, 0.2) is 66.7 Å². The van der Waals surface area contributed by atoms with E-state index in [-0.39, 0.29) is 11.7 Å². The number of aryl methyl sites for hydroxylation is 2. The topological polar surface area (TPSA) is 79.0 Å². The number of nitrogens with zero attached hydrogens (tertiary/aromatic N) is 2. The van der Waals surface area contributed by atoms with Crippen LogP contribution in [0.4, 0.5) is 18.9 Å². The standard InChI is InChI=1S/C32H32F3N3O4/c1-21-5-3-6-22(2)27(21)36-28(39)30(41)38-18-4-15-31(38)16-19-37(20-17-31)29(40)23-7-11-25(12-8-23)42-26-13-9-24(10-14-26)32(33,34)35/h3,5-14H,4,15-20H2,1-2H3,(H,36,39). The van der Waals surface area contributed by atoms with Crippen molar-refractivity contribution in [3.63, 3.8) is 0 Å². The van der Waals surface area contributed by atoms with Gasteiger partial charge in [-0.3, -0.25) is 14.4 Å². The molecule has 0 saturated carbocycles. The fourth-order valence-corrected chi connectivity index (χ4v) is 5.90. The Bertz CT molecular complexity index is 1460. The van der Waals surface area contributed by atoms with Gasteiger partial charge in [-0.1, -0.05) is 18.2 Å². The number of ether oxygens (including phenoxy) is 1. The lowest BCUT2D eigenvalue weighted by molar-refractivity contribution is -0.147. The SMILES string of the molecule is Cc1cccc(C)c1NC(=O)C(=O)N1CCCC12CCN(C(=O)c1ccc(Oc3ccc(C(F)(F)F)cc3)cc1)CC2. The van der Waals surface area contributed by atoms with Crippen LogP contribution in [-0.2, 0) is 15.8 Å². The van der Waals surface area contributed by atoms with Gasteiger partial charge < -0.3 is 19.9 Å². The van der Waals surface area contributed by atoms with Crippen LogP contribution in [0.2, 0.25) is 0 Å². The molecule has 3 aromatic carbocycles. The number of likely N-dealkylation sites (tertiary alicyclic amines) is 2. The van der Waals surface area contributed by atoms with Gasteiger partial charge in [-0.2, -0.15) is 13.2 Å². The highest BCUT2D eigenvalue weighted by atomic mass is 19.4. The zero-order valence-corrected chi connectivity index (χ0v) is 23.5. The van der Waals surface area contributed by atoms with E-state index in [1.165, 1.54) is 12.1 Å². The van der Waals surface area contributed by atoms with Crippen molar-refractivity contribution >= 4 is 23.4 Å². The fourth-order valence-electron chi connectivity index (χ4n) is 5.90. The summed E-state index contributed by atoms with van der Waals surface area (Å²) in [5.41, 5.74) is 1.67.